The predicted octanol–water partition coefficient (Wildman–Crippen LogP) is 4.88. The number of ether oxygens (including phenoxy) is 3. The van der Waals surface area contributed by atoms with Crippen LogP contribution in [-0.2, 0) is 19.0 Å². The molecule has 14 heteroatoms. The molecule has 38 heavy (non-hydrogen) atoms. The lowest BCUT2D eigenvalue weighted by Crippen LogP contribution is -2.33. The van der Waals surface area contributed by atoms with Gasteiger partial charge in [0.1, 0.15) is 26.6 Å². The van der Waals surface area contributed by atoms with Crippen molar-refractivity contribution in [3.8, 4) is 0 Å². The number of methoxy groups -OCH3 is 1. The lowest BCUT2D eigenvalue weighted by atomic mass is 9.98. The zero-order valence-corrected chi connectivity index (χ0v) is 24.8. The highest BCUT2D eigenvalue weighted by atomic mass is 35.5. The second kappa shape index (κ2) is 14.5. The molecule has 0 saturated heterocycles. The fourth-order valence-corrected chi connectivity index (χ4v) is 5.33. The first-order chi connectivity index (χ1) is 17.8. The van der Waals surface area contributed by atoms with Crippen molar-refractivity contribution in [1.29, 1.82) is 0 Å². The van der Waals surface area contributed by atoms with Gasteiger partial charge in [0, 0.05) is 10.8 Å². The van der Waals surface area contributed by atoms with E-state index in [1.807, 2.05) is 13.8 Å². The molecule has 0 aliphatic rings. The maximum absolute atomic E-state index is 13.2. The van der Waals surface area contributed by atoms with Crippen molar-refractivity contribution in [2.75, 3.05) is 13.7 Å². The molecule has 0 saturated carbocycles. The van der Waals surface area contributed by atoms with E-state index < -0.39 is 53.1 Å². The average Bonchev–Trinajstić information content (AvgIpc) is 3.54. The van der Waals surface area contributed by atoms with Crippen molar-refractivity contribution in [2.24, 2.45) is 11.8 Å². The maximum atomic E-state index is 13.2. The van der Waals surface area contributed by atoms with Crippen LogP contribution in [-0.4, -0.2) is 62.2 Å². The minimum Gasteiger partial charge on any atom is -0.464 e. The molecule has 10 nitrogen and oxygen atoms in total. The Labute approximate surface area is 239 Å². The number of nitrogens with zero attached hydrogens (tertiary/aromatic N) is 2. The van der Waals surface area contributed by atoms with Crippen LogP contribution in [0, 0.1) is 11.8 Å². The van der Waals surface area contributed by atoms with E-state index in [4.69, 9.17) is 42.5 Å². The summed E-state index contributed by atoms with van der Waals surface area (Å²) in [6, 6.07) is 0. The second-order valence-corrected chi connectivity index (χ2v) is 12.8. The number of rotatable bonds is 14. The summed E-state index contributed by atoms with van der Waals surface area (Å²) < 4.78 is 15.2. The van der Waals surface area contributed by atoms with E-state index >= 15 is 0 Å². The molecular formula is C24H32Cl2N2O8S2. The Kier molecular flexibility index (Phi) is 12.4. The van der Waals surface area contributed by atoms with Crippen LogP contribution in [0.5, 0.6) is 0 Å². The van der Waals surface area contributed by atoms with Gasteiger partial charge in [0.2, 0.25) is 0 Å². The van der Waals surface area contributed by atoms with Gasteiger partial charge in [-0.1, -0.05) is 13.8 Å². The summed E-state index contributed by atoms with van der Waals surface area (Å²) in [4.78, 5) is 46.1. The van der Waals surface area contributed by atoms with E-state index in [1.165, 1.54) is 29.2 Å². The highest BCUT2D eigenvalue weighted by molar-refractivity contribution is 7.10. The normalized spacial score (nSPS) is 15.0. The van der Waals surface area contributed by atoms with Crippen LogP contribution >= 0.6 is 45.9 Å². The third kappa shape index (κ3) is 9.42. The van der Waals surface area contributed by atoms with E-state index in [0.29, 0.717) is 17.8 Å². The van der Waals surface area contributed by atoms with Crippen LogP contribution in [0.25, 0.3) is 0 Å². The first-order valence-electron chi connectivity index (χ1n) is 11.8. The molecular weight excluding hydrogens is 579 g/mol. The number of aromatic nitrogens is 2. The number of thiazole rings is 2. The maximum Gasteiger partial charge on any atom is 0.358 e. The van der Waals surface area contributed by atoms with Gasteiger partial charge in [-0.25, -0.2) is 19.6 Å². The van der Waals surface area contributed by atoms with Crippen molar-refractivity contribution in [3.63, 3.8) is 0 Å². The van der Waals surface area contributed by atoms with Crippen LogP contribution in [0.15, 0.2) is 10.8 Å². The van der Waals surface area contributed by atoms with Crippen LogP contribution in [0.4, 0.5) is 0 Å². The molecule has 212 valence electrons. The van der Waals surface area contributed by atoms with Gasteiger partial charge in [-0.15, -0.1) is 45.9 Å². The third-order valence-electron chi connectivity index (χ3n) is 5.49. The summed E-state index contributed by atoms with van der Waals surface area (Å²) in [7, 11) is 1.25. The topological polar surface area (TPSA) is 145 Å². The first-order valence-corrected chi connectivity index (χ1v) is 14.4. The molecule has 0 bridgehead atoms. The molecule has 0 aliphatic carbocycles. The monoisotopic (exact) mass is 610 g/mol. The molecule has 0 aromatic carbocycles. The van der Waals surface area contributed by atoms with Crippen LogP contribution in [0.1, 0.15) is 90.2 Å². The Morgan fingerprint density at radius 1 is 1.03 bits per heavy atom. The third-order valence-corrected chi connectivity index (χ3v) is 7.72. The van der Waals surface area contributed by atoms with E-state index in [1.54, 1.807) is 13.8 Å². The molecule has 2 heterocycles. The minimum atomic E-state index is -1.21. The smallest absolute Gasteiger partial charge is 0.358 e. The summed E-state index contributed by atoms with van der Waals surface area (Å²) in [6.45, 7) is 6.38. The largest absolute Gasteiger partial charge is 0.464 e. The number of alkyl halides is 2. The standard InChI is InChI=1S/C24H32Cl2N2O8S2/c1-12(2)18(20-28-14(10-38-20)22(32)34-5)36-21(31)13(3)17(7-6-8-24(4,25)26)35-23(33)15-11-37-19(27-15)16(30)9-29/h10-13,16-18,29-30H,6-9H2,1-5H3/t13-,16+,17+,18+/m1/s1. The van der Waals surface area contributed by atoms with E-state index in [-0.39, 0.29) is 28.7 Å². The molecule has 2 aromatic heterocycles. The minimum absolute atomic E-state index is 0.0548. The summed E-state index contributed by atoms with van der Waals surface area (Å²) in [5, 5.41) is 22.4. The Morgan fingerprint density at radius 3 is 2.16 bits per heavy atom. The Balaban J connectivity index is 2.20. The number of carbonyl (C=O) groups excluding carboxylic acids is 3. The number of aliphatic hydroxyl groups excluding tert-OH is 2. The summed E-state index contributed by atoms with van der Waals surface area (Å²) in [6.07, 6.45) is -1.74. The van der Waals surface area contributed by atoms with Crippen molar-refractivity contribution in [1.82, 2.24) is 9.97 Å². The Morgan fingerprint density at radius 2 is 1.61 bits per heavy atom. The van der Waals surface area contributed by atoms with Crippen LogP contribution < -0.4 is 0 Å². The van der Waals surface area contributed by atoms with Gasteiger partial charge < -0.3 is 24.4 Å². The van der Waals surface area contributed by atoms with Crippen molar-refractivity contribution in [2.45, 2.75) is 69.6 Å². The molecule has 0 radical (unpaired) electrons. The molecule has 0 unspecified atom stereocenters. The van der Waals surface area contributed by atoms with Gasteiger partial charge >= 0.3 is 17.9 Å². The first kappa shape index (κ1) is 32.4. The number of aliphatic hydroxyl groups is 2. The molecule has 0 spiro atoms. The lowest BCUT2D eigenvalue weighted by molar-refractivity contribution is -0.160. The molecule has 2 aromatic rings. The quantitative estimate of drug-likeness (QED) is 0.172. The number of carbonyl (C=O) groups is 3. The molecule has 2 rings (SSSR count). The highest BCUT2D eigenvalue weighted by Gasteiger charge is 2.34. The van der Waals surface area contributed by atoms with Crippen molar-refractivity contribution < 1.29 is 38.8 Å². The molecule has 0 amide bonds. The zero-order valence-electron chi connectivity index (χ0n) is 21.7. The van der Waals surface area contributed by atoms with E-state index in [9.17, 15) is 19.5 Å². The molecule has 0 aliphatic heterocycles. The SMILES string of the molecule is COC(=O)c1csc([C@@H](OC(=O)[C@H](C)[C@H](CCCC(C)(Cl)Cl)OC(=O)c2csc([C@@H](O)CO)n2)C(C)C)n1. The Hall–Kier alpha value is -1.83. The lowest BCUT2D eigenvalue weighted by Gasteiger charge is -2.26. The predicted molar refractivity (Wildman–Crippen MR) is 144 cm³/mol. The van der Waals surface area contributed by atoms with Gasteiger partial charge in [0.15, 0.2) is 17.5 Å². The van der Waals surface area contributed by atoms with E-state index in [2.05, 4.69) is 9.97 Å². The van der Waals surface area contributed by atoms with Crippen molar-refractivity contribution in [3.05, 3.63) is 32.2 Å². The Bertz CT molecular complexity index is 1090. The van der Waals surface area contributed by atoms with Gasteiger partial charge in [-0.05, 0) is 39.0 Å². The number of esters is 3. The number of hydrogen-bond acceptors (Lipinski definition) is 12. The van der Waals surface area contributed by atoms with Gasteiger partial charge in [0.25, 0.3) is 0 Å². The summed E-state index contributed by atoms with van der Waals surface area (Å²) in [5.41, 5.74) is 0.0639. The highest BCUT2D eigenvalue weighted by Crippen LogP contribution is 2.32. The fourth-order valence-electron chi connectivity index (χ4n) is 3.31. The van der Waals surface area contributed by atoms with Crippen LogP contribution in [0.3, 0.4) is 0 Å². The molecule has 4 atom stereocenters. The van der Waals surface area contributed by atoms with Gasteiger partial charge in [-0.2, -0.15) is 0 Å². The fraction of sp³-hybridized carbons (Fsp3) is 0.625. The second-order valence-electron chi connectivity index (χ2n) is 9.13. The summed E-state index contributed by atoms with van der Waals surface area (Å²) >= 11 is 14.3. The van der Waals surface area contributed by atoms with Crippen LogP contribution in [0.2, 0.25) is 0 Å². The molecule has 2 N–H and O–H groups in total. The number of halogens is 2. The number of hydrogen-bond donors (Lipinski definition) is 2. The van der Waals surface area contributed by atoms with Gasteiger partial charge in [-0.3, -0.25) is 4.79 Å². The van der Waals surface area contributed by atoms with Gasteiger partial charge in [0.05, 0.1) is 19.6 Å². The van der Waals surface area contributed by atoms with Crippen molar-refractivity contribution >= 4 is 63.8 Å². The van der Waals surface area contributed by atoms with E-state index in [0.717, 1.165) is 11.3 Å². The summed E-state index contributed by atoms with van der Waals surface area (Å²) in [5.74, 6) is -3.04. The average molecular weight is 612 g/mol. The molecule has 0 fully saturated rings. The zero-order chi connectivity index (χ0) is 28.6.